The van der Waals surface area contributed by atoms with Crippen LogP contribution in [0.3, 0.4) is 0 Å². The van der Waals surface area contributed by atoms with E-state index in [2.05, 4.69) is 6.58 Å². The molecule has 0 spiro atoms. The fourth-order valence-corrected chi connectivity index (χ4v) is 4.30. The number of fused-ring (bicyclic) bond motifs is 3. The maximum absolute atomic E-state index is 12.3. The molecule has 3 rings (SSSR count). The molecule has 7 heteroatoms. The van der Waals surface area contributed by atoms with Crippen molar-refractivity contribution < 1.29 is 9.72 Å². The Morgan fingerprint density at radius 2 is 2.08 bits per heavy atom. The normalized spacial score (nSPS) is 29.0. The molecule has 1 heterocycles. The third kappa shape index (κ3) is 1.51. The third-order valence-electron chi connectivity index (χ3n) is 5.17. The Morgan fingerprint density at radius 3 is 2.58 bits per heavy atom. The maximum Gasteiger partial charge on any atom is 0.278 e. The van der Waals surface area contributed by atoms with Crippen molar-refractivity contribution in [1.29, 1.82) is 10.5 Å². The van der Waals surface area contributed by atoms with Gasteiger partial charge in [-0.25, -0.2) is 0 Å². The van der Waals surface area contributed by atoms with Crippen molar-refractivity contribution in [2.24, 2.45) is 11.3 Å². The first-order chi connectivity index (χ1) is 11.4. The molecule has 0 radical (unpaired) electrons. The number of amides is 1. The first-order valence-electron chi connectivity index (χ1n) is 7.39. The number of para-hydroxylation sites is 1. The van der Waals surface area contributed by atoms with Crippen LogP contribution < -0.4 is 4.90 Å². The van der Waals surface area contributed by atoms with E-state index in [0.717, 1.165) is 0 Å². The average Bonchev–Trinajstić information content (AvgIpc) is 3.04. The molecule has 0 saturated heterocycles. The summed E-state index contributed by atoms with van der Waals surface area (Å²) in [6.07, 6.45) is 1.39. The van der Waals surface area contributed by atoms with Crippen LogP contribution in [0.2, 0.25) is 0 Å². The highest BCUT2D eigenvalue weighted by Gasteiger charge is 2.77. The average molecular weight is 322 g/mol. The minimum absolute atomic E-state index is 0.0345. The summed E-state index contributed by atoms with van der Waals surface area (Å²) in [6.45, 7) is 4.97. The standard InChI is InChI=1S/C17H14N4O3/c1-3-12-8-16(9-18,10-19)15-17(12,21(23)24)13-6-4-5-7-14(13)20(15)11(2)22/h3-7,12,15H,1,8H2,2H3/t12-,15-,17+/m1/s1. The van der Waals surface area contributed by atoms with Gasteiger partial charge in [0.25, 0.3) is 5.54 Å². The van der Waals surface area contributed by atoms with Crippen LogP contribution in [0.5, 0.6) is 0 Å². The predicted molar refractivity (Wildman–Crippen MR) is 84.0 cm³/mol. The molecule has 3 atom stereocenters. The van der Waals surface area contributed by atoms with Crippen LogP contribution in [-0.2, 0) is 10.3 Å². The number of rotatable bonds is 2. The van der Waals surface area contributed by atoms with Crippen molar-refractivity contribution in [3.05, 3.63) is 52.6 Å². The van der Waals surface area contributed by atoms with Crippen LogP contribution in [0.25, 0.3) is 0 Å². The van der Waals surface area contributed by atoms with E-state index in [1.165, 1.54) is 17.9 Å². The van der Waals surface area contributed by atoms with Crippen molar-refractivity contribution in [3.63, 3.8) is 0 Å². The lowest BCUT2D eigenvalue weighted by Crippen LogP contribution is -2.55. The van der Waals surface area contributed by atoms with Gasteiger partial charge in [-0.2, -0.15) is 10.5 Å². The number of nitriles is 2. The molecular formula is C17H14N4O3. The molecule has 1 aliphatic heterocycles. The van der Waals surface area contributed by atoms with E-state index in [0.29, 0.717) is 11.3 Å². The summed E-state index contributed by atoms with van der Waals surface area (Å²) in [5.74, 6) is -1.17. The Labute approximate surface area is 138 Å². The minimum atomic E-state index is -1.74. The lowest BCUT2D eigenvalue weighted by molar-refractivity contribution is -0.585. The lowest BCUT2D eigenvalue weighted by Gasteiger charge is -2.31. The van der Waals surface area contributed by atoms with Gasteiger partial charge in [-0.05, 0) is 18.6 Å². The van der Waals surface area contributed by atoms with E-state index in [1.54, 1.807) is 24.3 Å². The molecule has 1 amide bonds. The van der Waals surface area contributed by atoms with Crippen molar-refractivity contribution in [2.45, 2.75) is 24.9 Å². The first-order valence-corrected chi connectivity index (χ1v) is 7.39. The Morgan fingerprint density at radius 1 is 1.46 bits per heavy atom. The highest BCUT2D eigenvalue weighted by atomic mass is 16.6. The lowest BCUT2D eigenvalue weighted by atomic mass is 9.78. The minimum Gasteiger partial charge on any atom is -0.299 e. The zero-order valence-electron chi connectivity index (χ0n) is 13.0. The fourth-order valence-electron chi connectivity index (χ4n) is 4.30. The molecule has 1 aromatic carbocycles. The Kier molecular flexibility index (Phi) is 3.21. The van der Waals surface area contributed by atoms with Gasteiger partial charge >= 0.3 is 0 Å². The molecule has 1 fully saturated rings. The topological polar surface area (TPSA) is 111 Å². The first kappa shape index (κ1) is 15.7. The van der Waals surface area contributed by atoms with Gasteiger partial charge in [0, 0.05) is 11.8 Å². The summed E-state index contributed by atoms with van der Waals surface area (Å²) in [7, 11) is 0. The largest absolute Gasteiger partial charge is 0.299 e. The maximum atomic E-state index is 12.3. The SMILES string of the molecule is C=C[C@@H]1CC(C#N)(C#N)[C@H]2N(C(C)=O)c3ccccc3[C@@]12[N+](=O)[O-]. The van der Waals surface area contributed by atoms with Crippen LogP contribution in [0.1, 0.15) is 18.9 Å². The van der Waals surface area contributed by atoms with Gasteiger partial charge in [0.1, 0.15) is 6.04 Å². The zero-order valence-corrected chi connectivity index (χ0v) is 13.0. The summed E-state index contributed by atoms with van der Waals surface area (Å²) in [6, 6.07) is 9.26. The van der Waals surface area contributed by atoms with Gasteiger partial charge in [-0.1, -0.05) is 18.2 Å². The number of nitro groups is 1. The molecule has 120 valence electrons. The van der Waals surface area contributed by atoms with Gasteiger partial charge in [0.05, 0.1) is 29.3 Å². The fraction of sp³-hybridized carbons (Fsp3) is 0.353. The number of carbonyl (C=O) groups is 1. The van der Waals surface area contributed by atoms with Gasteiger partial charge < -0.3 is 0 Å². The van der Waals surface area contributed by atoms with Crippen LogP contribution in [0.4, 0.5) is 5.69 Å². The second-order valence-electron chi connectivity index (χ2n) is 6.13. The van der Waals surface area contributed by atoms with E-state index in [-0.39, 0.29) is 6.42 Å². The number of benzene rings is 1. The van der Waals surface area contributed by atoms with Gasteiger partial charge in [-0.15, -0.1) is 6.58 Å². The van der Waals surface area contributed by atoms with E-state index >= 15 is 0 Å². The molecule has 1 saturated carbocycles. The number of nitrogens with zero attached hydrogens (tertiary/aromatic N) is 4. The van der Waals surface area contributed by atoms with E-state index < -0.39 is 33.7 Å². The van der Waals surface area contributed by atoms with Crippen molar-refractivity contribution >= 4 is 11.6 Å². The predicted octanol–water partition coefficient (Wildman–Crippen LogP) is 2.13. The second-order valence-corrected chi connectivity index (χ2v) is 6.13. The van der Waals surface area contributed by atoms with Crippen LogP contribution in [0, 0.1) is 44.1 Å². The number of hydrogen-bond acceptors (Lipinski definition) is 5. The van der Waals surface area contributed by atoms with Gasteiger partial charge in [0.15, 0.2) is 5.41 Å². The van der Waals surface area contributed by atoms with Crippen LogP contribution in [-0.4, -0.2) is 16.9 Å². The molecule has 24 heavy (non-hydrogen) atoms. The molecule has 0 bridgehead atoms. The van der Waals surface area contributed by atoms with Crippen LogP contribution in [0.15, 0.2) is 36.9 Å². The molecule has 1 aliphatic carbocycles. The highest BCUT2D eigenvalue weighted by Crippen LogP contribution is 2.63. The molecule has 7 nitrogen and oxygen atoms in total. The Hall–Kier alpha value is -3.19. The third-order valence-corrected chi connectivity index (χ3v) is 5.17. The summed E-state index contributed by atoms with van der Waals surface area (Å²) >= 11 is 0. The van der Waals surface area contributed by atoms with Crippen molar-refractivity contribution in [2.75, 3.05) is 4.90 Å². The van der Waals surface area contributed by atoms with Crippen LogP contribution >= 0.6 is 0 Å². The summed E-state index contributed by atoms with van der Waals surface area (Å²) < 4.78 is 0. The van der Waals surface area contributed by atoms with E-state index in [4.69, 9.17) is 0 Å². The number of carbonyl (C=O) groups excluding carboxylic acids is 1. The summed E-state index contributed by atoms with van der Waals surface area (Å²) in [4.78, 5) is 25.3. The van der Waals surface area contributed by atoms with Gasteiger partial charge in [-0.3, -0.25) is 19.8 Å². The summed E-state index contributed by atoms with van der Waals surface area (Å²) in [5, 5.41) is 31.6. The number of anilines is 1. The van der Waals surface area contributed by atoms with E-state index in [9.17, 15) is 25.4 Å². The van der Waals surface area contributed by atoms with Gasteiger partial charge in [0.2, 0.25) is 5.91 Å². The second kappa shape index (κ2) is 4.90. The zero-order chi connectivity index (χ0) is 17.7. The molecule has 1 aromatic rings. The molecular weight excluding hydrogens is 308 g/mol. The number of hydrogen-bond donors (Lipinski definition) is 0. The van der Waals surface area contributed by atoms with Crippen molar-refractivity contribution in [3.8, 4) is 12.1 Å². The summed E-state index contributed by atoms with van der Waals surface area (Å²) in [5.41, 5.74) is -2.67. The smallest absolute Gasteiger partial charge is 0.278 e. The van der Waals surface area contributed by atoms with E-state index in [1.807, 2.05) is 12.1 Å². The monoisotopic (exact) mass is 322 g/mol. The molecule has 0 unspecified atom stereocenters. The quantitative estimate of drug-likeness (QED) is 0.470. The van der Waals surface area contributed by atoms with Crippen molar-refractivity contribution in [1.82, 2.24) is 0 Å². The highest BCUT2D eigenvalue weighted by molar-refractivity contribution is 5.96. The molecule has 0 N–H and O–H groups in total. The molecule has 0 aromatic heterocycles. The Balaban J connectivity index is 2.46. The Bertz CT molecular complexity index is 836. The molecule has 2 aliphatic rings.